The Balaban J connectivity index is 2.26. The summed E-state index contributed by atoms with van der Waals surface area (Å²) in [5.41, 5.74) is 8.70. The van der Waals surface area contributed by atoms with Crippen LogP contribution < -0.4 is 10.5 Å². The van der Waals surface area contributed by atoms with Crippen molar-refractivity contribution in [3.63, 3.8) is 0 Å². The molecule has 104 valence electrons. The number of ether oxygens (including phenoxy) is 1. The van der Waals surface area contributed by atoms with Gasteiger partial charge in [-0.2, -0.15) is 0 Å². The highest BCUT2D eigenvalue weighted by atomic mass is 32.1. The second-order valence-corrected chi connectivity index (χ2v) is 5.11. The number of pyridine rings is 1. The van der Waals surface area contributed by atoms with Crippen molar-refractivity contribution in [3.8, 4) is 11.6 Å². The quantitative estimate of drug-likeness (QED) is 0.850. The first kappa shape index (κ1) is 14.5. The second kappa shape index (κ2) is 6.48. The van der Waals surface area contributed by atoms with E-state index in [2.05, 4.69) is 24.0 Å². The normalized spacial score (nSPS) is 10.3. The predicted octanol–water partition coefficient (Wildman–Crippen LogP) is 3.77. The molecule has 0 radical (unpaired) electrons. The summed E-state index contributed by atoms with van der Waals surface area (Å²) in [4.78, 5) is 4.52. The third-order valence-corrected chi connectivity index (χ3v) is 3.25. The van der Waals surface area contributed by atoms with Gasteiger partial charge in [-0.05, 0) is 42.7 Å². The van der Waals surface area contributed by atoms with Gasteiger partial charge in [0.15, 0.2) is 0 Å². The molecule has 20 heavy (non-hydrogen) atoms. The van der Waals surface area contributed by atoms with Crippen molar-refractivity contribution in [2.45, 2.75) is 26.7 Å². The monoisotopic (exact) mass is 286 g/mol. The number of nitrogens with zero attached hydrogens (tertiary/aromatic N) is 1. The minimum absolute atomic E-state index is 0.299. The van der Waals surface area contributed by atoms with Gasteiger partial charge in [0.25, 0.3) is 0 Å². The molecule has 3 nitrogen and oxygen atoms in total. The van der Waals surface area contributed by atoms with E-state index in [0.29, 0.717) is 16.4 Å². The van der Waals surface area contributed by atoms with E-state index < -0.39 is 0 Å². The summed E-state index contributed by atoms with van der Waals surface area (Å²) < 4.78 is 5.81. The van der Waals surface area contributed by atoms with E-state index in [0.717, 1.165) is 24.2 Å². The van der Waals surface area contributed by atoms with Crippen molar-refractivity contribution in [2.24, 2.45) is 5.73 Å². The number of thiocarbonyl (C=S) groups is 1. The van der Waals surface area contributed by atoms with Crippen LogP contribution in [0.2, 0.25) is 0 Å². The molecule has 2 N–H and O–H groups in total. The molecular formula is C16H18N2OS. The van der Waals surface area contributed by atoms with E-state index in [4.69, 9.17) is 22.7 Å². The number of hydrogen-bond acceptors (Lipinski definition) is 3. The maximum Gasteiger partial charge on any atom is 0.229 e. The van der Waals surface area contributed by atoms with Crippen molar-refractivity contribution < 1.29 is 4.74 Å². The van der Waals surface area contributed by atoms with Crippen LogP contribution in [0.15, 0.2) is 36.5 Å². The van der Waals surface area contributed by atoms with Crippen LogP contribution in [-0.4, -0.2) is 9.97 Å². The molecule has 0 spiro atoms. The highest BCUT2D eigenvalue weighted by Gasteiger charge is 2.12. The molecule has 0 aliphatic heterocycles. The van der Waals surface area contributed by atoms with E-state index in [1.54, 1.807) is 6.20 Å². The maximum atomic E-state index is 5.81. The maximum absolute atomic E-state index is 5.81. The highest BCUT2D eigenvalue weighted by molar-refractivity contribution is 7.80. The molecule has 0 amide bonds. The first-order valence-electron chi connectivity index (χ1n) is 6.64. The summed E-state index contributed by atoms with van der Waals surface area (Å²) >= 11 is 5.07. The molecule has 2 rings (SSSR count). The molecule has 0 aliphatic rings. The molecule has 0 bridgehead atoms. The lowest BCUT2D eigenvalue weighted by atomic mass is 10.1. The third kappa shape index (κ3) is 3.33. The van der Waals surface area contributed by atoms with E-state index in [9.17, 15) is 0 Å². The fourth-order valence-corrected chi connectivity index (χ4v) is 2.28. The topological polar surface area (TPSA) is 48.1 Å². The molecule has 1 aromatic carbocycles. The summed E-state index contributed by atoms with van der Waals surface area (Å²) in [5.74, 6) is 1.20. The fourth-order valence-electron chi connectivity index (χ4n) is 2.03. The summed E-state index contributed by atoms with van der Waals surface area (Å²) in [6.45, 7) is 4.10. The van der Waals surface area contributed by atoms with Gasteiger partial charge in [0.1, 0.15) is 10.7 Å². The zero-order valence-corrected chi connectivity index (χ0v) is 12.5. The SMILES string of the molecule is CCCc1ccc(Oc2nccc(C)c2C(N)=S)cc1. The van der Waals surface area contributed by atoms with Crippen molar-refractivity contribution in [3.05, 3.63) is 53.2 Å². The van der Waals surface area contributed by atoms with Gasteiger partial charge in [0, 0.05) is 6.20 Å². The molecule has 0 unspecified atom stereocenters. The molecule has 0 fully saturated rings. The van der Waals surface area contributed by atoms with Crippen LogP contribution in [0.4, 0.5) is 0 Å². The number of aryl methyl sites for hydroxylation is 2. The Morgan fingerprint density at radius 3 is 2.55 bits per heavy atom. The summed E-state index contributed by atoms with van der Waals surface area (Å²) in [6.07, 6.45) is 3.89. The van der Waals surface area contributed by atoms with Crippen LogP contribution in [0.1, 0.15) is 30.0 Å². The Kier molecular flexibility index (Phi) is 4.69. The van der Waals surface area contributed by atoms with Crippen molar-refractivity contribution in [1.82, 2.24) is 4.98 Å². The van der Waals surface area contributed by atoms with Gasteiger partial charge in [-0.25, -0.2) is 4.98 Å². The van der Waals surface area contributed by atoms with E-state index >= 15 is 0 Å². The first-order valence-corrected chi connectivity index (χ1v) is 7.05. The molecule has 4 heteroatoms. The van der Waals surface area contributed by atoms with Crippen molar-refractivity contribution in [1.29, 1.82) is 0 Å². The third-order valence-electron chi connectivity index (χ3n) is 3.05. The second-order valence-electron chi connectivity index (χ2n) is 4.67. The lowest BCUT2D eigenvalue weighted by Crippen LogP contribution is -2.13. The van der Waals surface area contributed by atoms with Crippen LogP contribution in [0.5, 0.6) is 11.6 Å². The van der Waals surface area contributed by atoms with Gasteiger partial charge in [0.05, 0.1) is 5.56 Å². The number of aromatic nitrogens is 1. The summed E-state index contributed by atoms with van der Waals surface area (Å²) in [5, 5.41) is 0. The lowest BCUT2D eigenvalue weighted by Gasteiger charge is -2.11. The lowest BCUT2D eigenvalue weighted by molar-refractivity contribution is 0.461. The summed E-state index contributed by atoms with van der Waals surface area (Å²) in [6, 6.07) is 9.88. The minimum Gasteiger partial charge on any atom is -0.438 e. The fraction of sp³-hybridized carbons (Fsp3) is 0.250. The zero-order valence-electron chi connectivity index (χ0n) is 11.7. The first-order chi connectivity index (χ1) is 9.61. The Hall–Kier alpha value is -1.94. The number of benzene rings is 1. The van der Waals surface area contributed by atoms with E-state index in [-0.39, 0.29) is 0 Å². The Labute approximate surface area is 124 Å². The van der Waals surface area contributed by atoms with Crippen LogP contribution in [0.25, 0.3) is 0 Å². The van der Waals surface area contributed by atoms with Gasteiger partial charge in [0.2, 0.25) is 5.88 Å². The predicted molar refractivity (Wildman–Crippen MR) is 85.4 cm³/mol. The van der Waals surface area contributed by atoms with Crippen LogP contribution >= 0.6 is 12.2 Å². The van der Waals surface area contributed by atoms with Gasteiger partial charge in [-0.15, -0.1) is 0 Å². The smallest absolute Gasteiger partial charge is 0.229 e. The van der Waals surface area contributed by atoms with Gasteiger partial charge in [-0.1, -0.05) is 37.7 Å². The number of hydrogen-bond donors (Lipinski definition) is 1. The highest BCUT2D eigenvalue weighted by Crippen LogP contribution is 2.25. The van der Waals surface area contributed by atoms with Crippen molar-refractivity contribution in [2.75, 3.05) is 0 Å². The molecule has 0 saturated carbocycles. The van der Waals surface area contributed by atoms with Gasteiger partial charge >= 0.3 is 0 Å². The van der Waals surface area contributed by atoms with E-state index in [1.165, 1.54) is 5.56 Å². The molecule has 0 atom stereocenters. The van der Waals surface area contributed by atoms with Crippen LogP contribution in [-0.2, 0) is 6.42 Å². The Morgan fingerprint density at radius 2 is 1.95 bits per heavy atom. The Morgan fingerprint density at radius 1 is 1.25 bits per heavy atom. The zero-order chi connectivity index (χ0) is 14.5. The van der Waals surface area contributed by atoms with E-state index in [1.807, 2.05) is 25.1 Å². The van der Waals surface area contributed by atoms with Crippen LogP contribution in [0.3, 0.4) is 0 Å². The molecule has 1 aromatic heterocycles. The van der Waals surface area contributed by atoms with Crippen LogP contribution in [0, 0.1) is 6.92 Å². The average molecular weight is 286 g/mol. The molecule has 0 aliphatic carbocycles. The van der Waals surface area contributed by atoms with Crippen molar-refractivity contribution >= 4 is 17.2 Å². The summed E-state index contributed by atoms with van der Waals surface area (Å²) in [7, 11) is 0. The molecule has 1 heterocycles. The average Bonchev–Trinajstić information content (AvgIpc) is 2.41. The number of nitrogens with two attached hydrogens (primary N) is 1. The Bertz CT molecular complexity index is 608. The molecular weight excluding hydrogens is 268 g/mol. The molecule has 0 saturated heterocycles. The largest absolute Gasteiger partial charge is 0.438 e. The minimum atomic E-state index is 0.299. The van der Waals surface area contributed by atoms with Gasteiger partial charge in [-0.3, -0.25) is 0 Å². The number of rotatable bonds is 5. The standard InChI is InChI=1S/C16H18N2OS/c1-3-4-12-5-7-13(8-6-12)19-16-14(15(17)20)11(2)9-10-18-16/h5-10H,3-4H2,1-2H3,(H2,17,20). The van der Waals surface area contributed by atoms with Gasteiger partial charge < -0.3 is 10.5 Å². The molecule has 2 aromatic rings.